The number of ether oxygens (including phenoxy) is 2. The van der Waals surface area contributed by atoms with Crippen molar-refractivity contribution >= 4 is 17.4 Å². The minimum absolute atomic E-state index is 0.136. The van der Waals surface area contributed by atoms with Gasteiger partial charge in [-0.1, -0.05) is 17.7 Å². The standard InChI is InChI=1S/C20H23NO4/c1-12-8-13(2)20(14(3)9-12)21-19(23)11-25-18-10-16(24-5)6-7-17(18)15(4)22/h6-10H,11H2,1-5H3,(H,21,23). The third kappa shape index (κ3) is 4.59. The van der Waals surface area contributed by atoms with E-state index < -0.39 is 0 Å². The molecule has 0 aliphatic heterocycles. The second-order valence-electron chi connectivity index (χ2n) is 6.03. The van der Waals surface area contributed by atoms with Crippen LogP contribution >= 0.6 is 0 Å². The number of methoxy groups -OCH3 is 1. The van der Waals surface area contributed by atoms with Crippen molar-refractivity contribution in [2.45, 2.75) is 27.7 Å². The van der Waals surface area contributed by atoms with Gasteiger partial charge in [0.15, 0.2) is 12.4 Å². The van der Waals surface area contributed by atoms with Crippen molar-refractivity contribution in [2.24, 2.45) is 0 Å². The van der Waals surface area contributed by atoms with Gasteiger partial charge in [-0.15, -0.1) is 0 Å². The van der Waals surface area contributed by atoms with Crippen LogP contribution in [-0.4, -0.2) is 25.4 Å². The van der Waals surface area contributed by atoms with Crippen molar-refractivity contribution in [3.63, 3.8) is 0 Å². The Labute approximate surface area is 148 Å². The molecule has 0 spiro atoms. The van der Waals surface area contributed by atoms with Crippen LogP contribution in [0.1, 0.15) is 34.0 Å². The van der Waals surface area contributed by atoms with Crippen LogP contribution in [0.5, 0.6) is 11.5 Å². The SMILES string of the molecule is COc1ccc(C(C)=O)c(OCC(=O)Nc2c(C)cc(C)cc2C)c1. The number of benzene rings is 2. The summed E-state index contributed by atoms with van der Waals surface area (Å²) in [7, 11) is 1.53. The van der Waals surface area contributed by atoms with Crippen molar-refractivity contribution in [3.8, 4) is 11.5 Å². The number of hydrogen-bond donors (Lipinski definition) is 1. The van der Waals surface area contributed by atoms with Crippen LogP contribution in [0.25, 0.3) is 0 Å². The number of ketones is 1. The Morgan fingerprint density at radius 2 is 1.68 bits per heavy atom. The van der Waals surface area contributed by atoms with E-state index in [2.05, 4.69) is 5.32 Å². The van der Waals surface area contributed by atoms with Gasteiger partial charge in [-0.05, 0) is 51.0 Å². The van der Waals surface area contributed by atoms with Crippen molar-refractivity contribution in [1.82, 2.24) is 0 Å². The first-order valence-electron chi connectivity index (χ1n) is 8.01. The number of nitrogens with one attached hydrogen (secondary N) is 1. The molecule has 132 valence electrons. The summed E-state index contributed by atoms with van der Waals surface area (Å²) in [5.41, 5.74) is 4.34. The van der Waals surface area contributed by atoms with Crippen LogP contribution in [0.4, 0.5) is 5.69 Å². The highest BCUT2D eigenvalue weighted by Gasteiger charge is 2.13. The largest absolute Gasteiger partial charge is 0.497 e. The molecule has 1 amide bonds. The van der Waals surface area contributed by atoms with E-state index >= 15 is 0 Å². The first-order chi connectivity index (χ1) is 11.8. The van der Waals surface area contributed by atoms with Gasteiger partial charge in [-0.25, -0.2) is 0 Å². The first kappa shape index (κ1) is 18.5. The Morgan fingerprint density at radius 1 is 1.04 bits per heavy atom. The Hall–Kier alpha value is -2.82. The topological polar surface area (TPSA) is 64.6 Å². The Morgan fingerprint density at radius 3 is 2.24 bits per heavy atom. The highest BCUT2D eigenvalue weighted by Crippen LogP contribution is 2.26. The number of carbonyl (C=O) groups is 2. The normalized spacial score (nSPS) is 10.3. The number of rotatable bonds is 6. The van der Waals surface area contributed by atoms with Crippen LogP contribution in [0.2, 0.25) is 0 Å². The highest BCUT2D eigenvalue weighted by molar-refractivity contribution is 5.97. The summed E-state index contributed by atoms with van der Waals surface area (Å²) in [6.45, 7) is 7.17. The smallest absolute Gasteiger partial charge is 0.262 e. The molecule has 0 aromatic heterocycles. The molecule has 1 N–H and O–H groups in total. The van der Waals surface area contributed by atoms with Gasteiger partial charge < -0.3 is 14.8 Å². The second kappa shape index (κ2) is 7.83. The predicted octanol–water partition coefficient (Wildman–Crippen LogP) is 3.84. The fourth-order valence-corrected chi connectivity index (χ4v) is 2.74. The van der Waals surface area contributed by atoms with Crippen LogP contribution in [-0.2, 0) is 4.79 Å². The number of anilines is 1. The number of Topliss-reactive ketones (excluding diaryl/α,β-unsaturated/α-hetero) is 1. The first-order valence-corrected chi connectivity index (χ1v) is 8.01. The van der Waals surface area contributed by atoms with E-state index in [0.717, 1.165) is 22.4 Å². The predicted molar refractivity (Wildman–Crippen MR) is 97.8 cm³/mol. The average Bonchev–Trinajstić information content (AvgIpc) is 2.55. The molecule has 0 aliphatic carbocycles. The van der Waals surface area contributed by atoms with E-state index in [1.807, 2.05) is 32.9 Å². The Balaban J connectivity index is 2.12. The molecule has 0 atom stereocenters. The monoisotopic (exact) mass is 341 g/mol. The van der Waals surface area contributed by atoms with Gasteiger partial charge in [-0.2, -0.15) is 0 Å². The summed E-state index contributed by atoms with van der Waals surface area (Å²) in [5, 5.41) is 2.87. The summed E-state index contributed by atoms with van der Waals surface area (Å²) in [6, 6.07) is 8.94. The third-order valence-corrected chi connectivity index (χ3v) is 3.87. The number of aryl methyl sites for hydroxylation is 3. The lowest BCUT2D eigenvalue weighted by Crippen LogP contribution is -2.22. The summed E-state index contributed by atoms with van der Waals surface area (Å²) >= 11 is 0. The molecule has 2 aromatic rings. The molecule has 0 radical (unpaired) electrons. The summed E-state index contributed by atoms with van der Waals surface area (Å²) in [4.78, 5) is 24.0. The molecule has 2 aromatic carbocycles. The van der Waals surface area contributed by atoms with Crippen molar-refractivity contribution < 1.29 is 19.1 Å². The van der Waals surface area contributed by atoms with E-state index in [0.29, 0.717) is 17.1 Å². The molecule has 5 heteroatoms. The fraction of sp³-hybridized carbons (Fsp3) is 0.300. The zero-order valence-electron chi connectivity index (χ0n) is 15.2. The summed E-state index contributed by atoms with van der Waals surface area (Å²) in [5.74, 6) is 0.473. The second-order valence-corrected chi connectivity index (χ2v) is 6.03. The lowest BCUT2D eigenvalue weighted by atomic mass is 10.1. The fourth-order valence-electron chi connectivity index (χ4n) is 2.74. The van der Waals surface area contributed by atoms with Crippen LogP contribution in [0.15, 0.2) is 30.3 Å². The third-order valence-electron chi connectivity index (χ3n) is 3.87. The van der Waals surface area contributed by atoms with Gasteiger partial charge in [0.1, 0.15) is 11.5 Å². The molecule has 0 saturated carbocycles. The van der Waals surface area contributed by atoms with Gasteiger partial charge in [0.2, 0.25) is 0 Å². The molecular weight excluding hydrogens is 318 g/mol. The number of amides is 1. The maximum atomic E-state index is 12.3. The van der Waals surface area contributed by atoms with Gasteiger partial charge in [0.25, 0.3) is 5.91 Å². The van der Waals surface area contributed by atoms with Crippen molar-refractivity contribution in [1.29, 1.82) is 0 Å². The molecule has 0 unspecified atom stereocenters. The van der Waals surface area contributed by atoms with Crippen LogP contribution in [0, 0.1) is 20.8 Å². The number of carbonyl (C=O) groups excluding carboxylic acids is 2. The quantitative estimate of drug-likeness (QED) is 0.811. The Kier molecular flexibility index (Phi) is 5.80. The van der Waals surface area contributed by atoms with E-state index in [4.69, 9.17) is 9.47 Å². The molecule has 0 aliphatic rings. The number of hydrogen-bond acceptors (Lipinski definition) is 4. The lowest BCUT2D eigenvalue weighted by Gasteiger charge is -2.14. The molecule has 5 nitrogen and oxygen atoms in total. The van der Waals surface area contributed by atoms with E-state index in [-0.39, 0.29) is 18.3 Å². The Bertz CT molecular complexity index is 788. The summed E-state index contributed by atoms with van der Waals surface area (Å²) < 4.78 is 10.7. The highest BCUT2D eigenvalue weighted by atomic mass is 16.5. The molecule has 25 heavy (non-hydrogen) atoms. The van der Waals surface area contributed by atoms with Gasteiger partial charge in [0.05, 0.1) is 12.7 Å². The summed E-state index contributed by atoms with van der Waals surface area (Å²) in [6.07, 6.45) is 0. The zero-order valence-corrected chi connectivity index (χ0v) is 15.2. The van der Waals surface area contributed by atoms with Crippen molar-refractivity contribution in [3.05, 3.63) is 52.6 Å². The van der Waals surface area contributed by atoms with Crippen LogP contribution < -0.4 is 14.8 Å². The minimum Gasteiger partial charge on any atom is -0.497 e. The average molecular weight is 341 g/mol. The van der Waals surface area contributed by atoms with E-state index in [1.165, 1.54) is 14.0 Å². The van der Waals surface area contributed by atoms with E-state index in [1.54, 1.807) is 18.2 Å². The van der Waals surface area contributed by atoms with E-state index in [9.17, 15) is 9.59 Å². The maximum Gasteiger partial charge on any atom is 0.262 e. The van der Waals surface area contributed by atoms with Gasteiger partial charge >= 0.3 is 0 Å². The molecule has 2 rings (SSSR count). The lowest BCUT2D eigenvalue weighted by molar-refractivity contribution is -0.118. The maximum absolute atomic E-state index is 12.3. The molecule has 0 heterocycles. The van der Waals surface area contributed by atoms with Crippen LogP contribution in [0.3, 0.4) is 0 Å². The minimum atomic E-state index is -0.285. The zero-order chi connectivity index (χ0) is 18.6. The van der Waals surface area contributed by atoms with Gasteiger partial charge in [0, 0.05) is 11.8 Å². The molecule has 0 fully saturated rings. The molecule has 0 bridgehead atoms. The molecule has 0 saturated heterocycles. The van der Waals surface area contributed by atoms with Crippen molar-refractivity contribution in [2.75, 3.05) is 19.0 Å². The molecular formula is C20H23NO4. The van der Waals surface area contributed by atoms with Gasteiger partial charge in [-0.3, -0.25) is 9.59 Å².